The minimum Gasteiger partial charge on any atom is -0.495 e. The van der Waals surface area contributed by atoms with Crippen LogP contribution in [0.3, 0.4) is 0 Å². The second kappa shape index (κ2) is 14.3. The average Bonchev–Trinajstić information content (AvgIpc) is 3.49. The molecule has 0 unspecified atom stereocenters. The average molecular weight is 626 g/mol. The van der Waals surface area contributed by atoms with E-state index in [2.05, 4.69) is 5.32 Å². The fourth-order valence-corrected chi connectivity index (χ4v) is 7.13. The van der Waals surface area contributed by atoms with E-state index in [1.54, 1.807) is 24.3 Å². The molecule has 1 atom stereocenters. The van der Waals surface area contributed by atoms with Gasteiger partial charge in [-0.15, -0.1) is 0 Å². The van der Waals surface area contributed by atoms with Crippen molar-refractivity contribution in [3.8, 4) is 5.75 Å². The van der Waals surface area contributed by atoms with Gasteiger partial charge in [0.05, 0.1) is 22.7 Å². The number of ether oxygens (including phenoxy) is 1. The van der Waals surface area contributed by atoms with Gasteiger partial charge in [-0.3, -0.25) is 13.9 Å². The Hall–Kier alpha value is -3.56. The standard InChI is InChI=1S/C33H40ClN3O5S/c1-5-30(33(39)35-26-11-6-7-12-26)36(21-25-10-8-9-24(3)19-25)32(38)22-37(27-15-18-31(42-4)29(34)20-27)43(40,41)28-16-13-23(2)14-17-28/h8-10,13-20,26,30H,5-7,11-12,21-22H2,1-4H3,(H,35,39)/t30-/m1/s1. The van der Waals surface area contributed by atoms with Gasteiger partial charge in [-0.2, -0.15) is 0 Å². The maximum atomic E-state index is 14.3. The highest BCUT2D eigenvalue weighted by molar-refractivity contribution is 7.92. The number of nitrogens with zero attached hydrogens (tertiary/aromatic N) is 2. The monoisotopic (exact) mass is 625 g/mol. The number of rotatable bonds is 12. The second-order valence-corrected chi connectivity index (χ2v) is 13.3. The topological polar surface area (TPSA) is 96.0 Å². The molecule has 2 amide bonds. The Kier molecular flexibility index (Phi) is 10.7. The van der Waals surface area contributed by atoms with Gasteiger partial charge >= 0.3 is 0 Å². The van der Waals surface area contributed by atoms with Crippen molar-refractivity contribution in [2.45, 2.75) is 76.4 Å². The zero-order valence-electron chi connectivity index (χ0n) is 25.2. The molecule has 4 rings (SSSR count). The summed E-state index contributed by atoms with van der Waals surface area (Å²) >= 11 is 6.41. The molecule has 0 saturated heterocycles. The molecule has 0 radical (unpaired) electrons. The van der Waals surface area contributed by atoms with E-state index < -0.39 is 28.5 Å². The van der Waals surface area contributed by atoms with E-state index >= 15 is 0 Å². The Bertz CT molecular complexity index is 1540. The number of hydrogen-bond acceptors (Lipinski definition) is 5. The number of sulfonamides is 1. The molecule has 3 aromatic carbocycles. The van der Waals surface area contributed by atoms with E-state index in [0.717, 1.165) is 46.7 Å². The lowest BCUT2D eigenvalue weighted by atomic mass is 10.1. The van der Waals surface area contributed by atoms with Gasteiger partial charge in [-0.1, -0.05) is 78.9 Å². The van der Waals surface area contributed by atoms with Crippen LogP contribution in [-0.2, 0) is 26.2 Å². The predicted octanol–water partition coefficient (Wildman–Crippen LogP) is 6.03. The number of methoxy groups -OCH3 is 1. The first-order valence-corrected chi connectivity index (χ1v) is 16.4. The molecular weight excluding hydrogens is 586 g/mol. The Morgan fingerprint density at radius 2 is 1.70 bits per heavy atom. The van der Waals surface area contributed by atoms with Crippen LogP contribution in [0.2, 0.25) is 5.02 Å². The third kappa shape index (κ3) is 7.89. The molecule has 43 heavy (non-hydrogen) atoms. The van der Waals surface area contributed by atoms with Gasteiger partial charge in [-0.05, 0) is 69.0 Å². The van der Waals surface area contributed by atoms with E-state index in [1.165, 1.54) is 30.2 Å². The first-order chi connectivity index (χ1) is 20.5. The molecule has 1 N–H and O–H groups in total. The first kappa shape index (κ1) is 32.4. The summed E-state index contributed by atoms with van der Waals surface area (Å²) in [5.74, 6) is -0.353. The maximum Gasteiger partial charge on any atom is 0.264 e. The maximum absolute atomic E-state index is 14.3. The van der Waals surface area contributed by atoms with E-state index in [1.807, 2.05) is 45.0 Å². The van der Waals surface area contributed by atoms with Crippen molar-refractivity contribution in [3.63, 3.8) is 0 Å². The zero-order chi connectivity index (χ0) is 31.1. The van der Waals surface area contributed by atoms with Gasteiger partial charge in [-0.25, -0.2) is 8.42 Å². The molecule has 8 nitrogen and oxygen atoms in total. The molecule has 1 fully saturated rings. The third-order valence-corrected chi connectivity index (χ3v) is 9.92. The number of nitrogens with one attached hydrogen (secondary N) is 1. The van der Waals surface area contributed by atoms with Gasteiger partial charge in [0.25, 0.3) is 10.0 Å². The smallest absolute Gasteiger partial charge is 0.264 e. The van der Waals surface area contributed by atoms with Crippen LogP contribution in [0.1, 0.15) is 55.7 Å². The van der Waals surface area contributed by atoms with E-state index in [-0.39, 0.29) is 34.1 Å². The van der Waals surface area contributed by atoms with Crippen molar-refractivity contribution in [1.29, 1.82) is 0 Å². The zero-order valence-corrected chi connectivity index (χ0v) is 26.7. The number of hydrogen-bond donors (Lipinski definition) is 1. The molecule has 1 saturated carbocycles. The molecule has 0 aromatic heterocycles. The minimum absolute atomic E-state index is 0.0362. The Balaban J connectivity index is 1.74. The summed E-state index contributed by atoms with van der Waals surface area (Å²) in [6.45, 7) is 5.31. The molecule has 1 aliphatic carbocycles. The summed E-state index contributed by atoms with van der Waals surface area (Å²) in [6, 6.07) is 18.1. The summed E-state index contributed by atoms with van der Waals surface area (Å²) in [6.07, 6.45) is 4.31. The van der Waals surface area contributed by atoms with E-state index in [0.29, 0.717) is 12.2 Å². The van der Waals surface area contributed by atoms with E-state index in [4.69, 9.17) is 16.3 Å². The van der Waals surface area contributed by atoms with Crippen molar-refractivity contribution in [3.05, 3.63) is 88.4 Å². The van der Waals surface area contributed by atoms with Crippen LogP contribution in [0.4, 0.5) is 5.69 Å². The van der Waals surface area contributed by atoms with Crippen LogP contribution in [0.25, 0.3) is 0 Å². The minimum atomic E-state index is -4.20. The van der Waals surface area contributed by atoms with Crippen LogP contribution in [0.15, 0.2) is 71.6 Å². The van der Waals surface area contributed by atoms with Crippen molar-refractivity contribution in [1.82, 2.24) is 10.2 Å². The second-order valence-electron chi connectivity index (χ2n) is 11.1. The normalized spacial score (nSPS) is 14.3. The van der Waals surface area contributed by atoms with Crippen LogP contribution >= 0.6 is 11.6 Å². The molecule has 0 bridgehead atoms. The van der Waals surface area contributed by atoms with Gasteiger partial charge in [0.15, 0.2) is 0 Å². The third-order valence-electron chi connectivity index (χ3n) is 7.83. The molecule has 230 valence electrons. The van der Waals surface area contributed by atoms with Crippen molar-refractivity contribution < 1.29 is 22.7 Å². The largest absolute Gasteiger partial charge is 0.495 e. The van der Waals surface area contributed by atoms with Crippen molar-refractivity contribution >= 4 is 39.1 Å². The summed E-state index contributed by atoms with van der Waals surface area (Å²) in [5.41, 5.74) is 2.97. The van der Waals surface area contributed by atoms with Crippen LogP contribution < -0.4 is 14.4 Å². The molecule has 1 aliphatic rings. The number of benzene rings is 3. The van der Waals surface area contributed by atoms with Gasteiger partial charge in [0, 0.05) is 12.6 Å². The van der Waals surface area contributed by atoms with Gasteiger partial charge in [0.2, 0.25) is 11.8 Å². The highest BCUT2D eigenvalue weighted by Crippen LogP contribution is 2.32. The van der Waals surface area contributed by atoms with Crippen LogP contribution in [-0.4, -0.2) is 50.9 Å². The fourth-order valence-electron chi connectivity index (χ4n) is 5.47. The number of amides is 2. The Morgan fingerprint density at radius 3 is 2.30 bits per heavy atom. The van der Waals surface area contributed by atoms with Gasteiger partial charge in [0.1, 0.15) is 18.3 Å². The first-order valence-electron chi connectivity index (χ1n) is 14.6. The molecule has 0 aliphatic heterocycles. The van der Waals surface area contributed by atoms with Crippen LogP contribution in [0.5, 0.6) is 5.75 Å². The van der Waals surface area contributed by atoms with Crippen molar-refractivity contribution in [2.24, 2.45) is 0 Å². The molecule has 0 heterocycles. The summed E-state index contributed by atoms with van der Waals surface area (Å²) in [4.78, 5) is 29.4. The summed E-state index contributed by atoms with van der Waals surface area (Å²) in [5, 5.41) is 3.34. The number of carbonyl (C=O) groups excluding carboxylic acids is 2. The van der Waals surface area contributed by atoms with Crippen LogP contribution in [0, 0.1) is 13.8 Å². The lowest BCUT2D eigenvalue weighted by molar-refractivity contribution is -0.140. The molecule has 10 heteroatoms. The lowest BCUT2D eigenvalue weighted by Crippen LogP contribution is -2.53. The summed E-state index contributed by atoms with van der Waals surface area (Å²) < 4.78 is 34.5. The Morgan fingerprint density at radius 1 is 1.00 bits per heavy atom. The molecular formula is C33H40ClN3O5S. The molecule has 3 aromatic rings. The molecule has 0 spiro atoms. The number of aryl methyl sites for hydroxylation is 2. The fraction of sp³-hybridized carbons (Fsp3) is 0.394. The predicted molar refractivity (Wildman–Crippen MR) is 170 cm³/mol. The highest BCUT2D eigenvalue weighted by Gasteiger charge is 2.34. The quantitative estimate of drug-likeness (QED) is 0.265. The lowest BCUT2D eigenvalue weighted by Gasteiger charge is -2.34. The SMILES string of the molecule is CC[C@H](C(=O)NC1CCCC1)N(Cc1cccc(C)c1)C(=O)CN(c1ccc(OC)c(Cl)c1)S(=O)(=O)c1ccc(C)cc1. The number of halogens is 1. The summed E-state index contributed by atoms with van der Waals surface area (Å²) in [7, 11) is -2.73. The highest BCUT2D eigenvalue weighted by atomic mass is 35.5. The Labute approximate surface area is 260 Å². The van der Waals surface area contributed by atoms with E-state index in [9.17, 15) is 18.0 Å². The van der Waals surface area contributed by atoms with Gasteiger partial charge < -0.3 is 15.0 Å². The number of carbonyl (C=O) groups is 2. The number of anilines is 1. The van der Waals surface area contributed by atoms with Crippen molar-refractivity contribution in [2.75, 3.05) is 18.0 Å².